The van der Waals surface area contributed by atoms with Crippen molar-refractivity contribution in [3.63, 3.8) is 0 Å². The molecule has 0 bridgehead atoms. The van der Waals surface area contributed by atoms with E-state index in [9.17, 15) is 4.79 Å². The van der Waals surface area contributed by atoms with Gasteiger partial charge in [0.15, 0.2) is 0 Å². The standard InChI is InChI=1S/C15H19NO2/c1-11-6-3-4-8-13(11)10-18-15(17)14-9-5-7-12(2)16-14/h3-5,7,9,11,13H,6,8,10H2,1-2H3. The molecule has 3 heteroatoms. The number of esters is 1. The van der Waals surface area contributed by atoms with Crippen molar-refractivity contribution in [1.82, 2.24) is 4.98 Å². The van der Waals surface area contributed by atoms with Crippen LogP contribution in [-0.2, 0) is 4.74 Å². The van der Waals surface area contributed by atoms with Gasteiger partial charge in [-0.2, -0.15) is 0 Å². The van der Waals surface area contributed by atoms with E-state index < -0.39 is 0 Å². The first kappa shape index (κ1) is 12.8. The van der Waals surface area contributed by atoms with Gasteiger partial charge in [0, 0.05) is 5.69 Å². The van der Waals surface area contributed by atoms with Gasteiger partial charge in [-0.1, -0.05) is 25.1 Å². The number of pyridine rings is 1. The Morgan fingerprint density at radius 3 is 2.89 bits per heavy atom. The lowest BCUT2D eigenvalue weighted by molar-refractivity contribution is 0.0388. The van der Waals surface area contributed by atoms with E-state index in [1.807, 2.05) is 19.1 Å². The molecule has 1 aliphatic rings. The highest BCUT2D eigenvalue weighted by Crippen LogP contribution is 2.25. The Morgan fingerprint density at radius 2 is 2.17 bits per heavy atom. The summed E-state index contributed by atoms with van der Waals surface area (Å²) in [7, 11) is 0. The molecule has 0 fully saturated rings. The zero-order chi connectivity index (χ0) is 13.0. The molecular weight excluding hydrogens is 226 g/mol. The molecule has 0 aromatic carbocycles. The van der Waals surface area contributed by atoms with E-state index >= 15 is 0 Å². The van der Waals surface area contributed by atoms with Gasteiger partial charge in [-0.3, -0.25) is 0 Å². The minimum Gasteiger partial charge on any atom is -0.461 e. The van der Waals surface area contributed by atoms with Crippen molar-refractivity contribution in [3.8, 4) is 0 Å². The van der Waals surface area contributed by atoms with Crippen LogP contribution in [0.15, 0.2) is 30.4 Å². The topological polar surface area (TPSA) is 39.2 Å². The summed E-state index contributed by atoms with van der Waals surface area (Å²) in [5.41, 5.74) is 1.23. The van der Waals surface area contributed by atoms with Crippen LogP contribution in [0.3, 0.4) is 0 Å². The lowest BCUT2D eigenvalue weighted by Gasteiger charge is -2.24. The van der Waals surface area contributed by atoms with E-state index in [1.54, 1.807) is 6.07 Å². The largest absolute Gasteiger partial charge is 0.461 e. The summed E-state index contributed by atoms with van der Waals surface area (Å²) < 4.78 is 5.36. The fourth-order valence-electron chi connectivity index (χ4n) is 2.15. The van der Waals surface area contributed by atoms with E-state index in [0.29, 0.717) is 24.1 Å². The van der Waals surface area contributed by atoms with Gasteiger partial charge in [0.1, 0.15) is 5.69 Å². The molecule has 1 aromatic rings. The Kier molecular flexibility index (Phi) is 4.13. The number of nitrogens with zero attached hydrogens (tertiary/aromatic N) is 1. The van der Waals surface area contributed by atoms with E-state index in [2.05, 4.69) is 24.1 Å². The SMILES string of the molecule is Cc1cccc(C(=O)OCC2CC=CCC2C)n1. The second-order valence-electron chi connectivity index (χ2n) is 4.94. The fraction of sp³-hybridized carbons (Fsp3) is 0.467. The van der Waals surface area contributed by atoms with Crippen LogP contribution in [0.4, 0.5) is 0 Å². The van der Waals surface area contributed by atoms with Gasteiger partial charge in [0.05, 0.1) is 6.61 Å². The second kappa shape index (κ2) is 5.80. The van der Waals surface area contributed by atoms with E-state index in [1.165, 1.54) is 0 Å². The molecule has 2 unspecified atom stereocenters. The minimum atomic E-state index is -0.319. The maximum Gasteiger partial charge on any atom is 0.356 e. The highest BCUT2D eigenvalue weighted by Gasteiger charge is 2.20. The normalized spacial score (nSPS) is 22.8. The Balaban J connectivity index is 1.90. The van der Waals surface area contributed by atoms with Gasteiger partial charge in [-0.15, -0.1) is 0 Å². The van der Waals surface area contributed by atoms with Crippen LogP contribution >= 0.6 is 0 Å². The number of allylic oxidation sites excluding steroid dienone is 2. The Bertz CT molecular complexity index is 454. The van der Waals surface area contributed by atoms with E-state index in [0.717, 1.165) is 18.5 Å². The predicted octanol–water partition coefficient (Wildman–Crippen LogP) is 3.15. The predicted molar refractivity (Wildman–Crippen MR) is 70.3 cm³/mol. The number of carbonyl (C=O) groups excluding carboxylic acids is 1. The third kappa shape index (κ3) is 3.19. The van der Waals surface area contributed by atoms with Crippen molar-refractivity contribution < 1.29 is 9.53 Å². The first-order chi connectivity index (χ1) is 8.66. The monoisotopic (exact) mass is 245 g/mol. The molecule has 1 heterocycles. The molecule has 0 radical (unpaired) electrons. The van der Waals surface area contributed by atoms with Crippen LogP contribution in [0.5, 0.6) is 0 Å². The zero-order valence-corrected chi connectivity index (χ0v) is 10.9. The average Bonchev–Trinajstić information content (AvgIpc) is 2.37. The van der Waals surface area contributed by atoms with Crippen LogP contribution in [-0.4, -0.2) is 17.6 Å². The van der Waals surface area contributed by atoms with Crippen molar-refractivity contribution in [2.24, 2.45) is 11.8 Å². The average molecular weight is 245 g/mol. The summed E-state index contributed by atoms with van der Waals surface area (Å²) in [5.74, 6) is 0.692. The molecule has 2 atom stereocenters. The minimum absolute atomic E-state index is 0.319. The van der Waals surface area contributed by atoms with Gasteiger partial charge in [0.2, 0.25) is 0 Å². The smallest absolute Gasteiger partial charge is 0.356 e. The summed E-state index contributed by atoms with van der Waals surface area (Å²) in [6.07, 6.45) is 6.44. The highest BCUT2D eigenvalue weighted by molar-refractivity contribution is 5.87. The molecule has 0 aliphatic heterocycles. The molecule has 0 saturated heterocycles. The molecule has 18 heavy (non-hydrogen) atoms. The molecule has 0 amide bonds. The second-order valence-corrected chi connectivity index (χ2v) is 4.94. The number of aryl methyl sites for hydroxylation is 1. The molecule has 1 aliphatic carbocycles. The number of hydrogen-bond donors (Lipinski definition) is 0. The first-order valence-electron chi connectivity index (χ1n) is 6.42. The molecule has 0 N–H and O–H groups in total. The van der Waals surface area contributed by atoms with Crippen molar-refractivity contribution in [1.29, 1.82) is 0 Å². The quantitative estimate of drug-likeness (QED) is 0.606. The maximum absolute atomic E-state index is 11.8. The van der Waals surface area contributed by atoms with Gasteiger partial charge in [0.25, 0.3) is 0 Å². The lowest BCUT2D eigenvalue weighted by atomic mass is 9.85. The van der Waals surface area contributed by atoms with Gasteiger partial charge in [-0.05, 0) is 43.7 Å². The number of aromatic nitrogens is 1. The van der Waals surface area contributed by atoms with Crippen molar-refractivity contribution in [3.05, 3.63) is 41.7 Å². The van der Waals surface area contributed by atoms with Crippen LogP contribution in [0.1, 0.15) is 35.9 Å². The lowest BCUT2D eigenvalue weighted by Crippen LogP contribution is -2.22. The summed E-state index contributed by atoms with van der Waals surface area (Å²) >= 11 is 0. The molecule has 2 rings (SSSR count). The summed E-state index contributed by atoms with van der Waals surface area (Å²) in [6.45, 7) is 4.55. The van der Waals surface area contributed by atoms with Crippen LogP contribution in [0, 0.1) is 18.8 Å². The summed E-state index contributed by atoms with van der Waals surface area (Å²) in [6, 6.07) is 5.38. The number of hydrogen-bond acceptors (Lipinski definition) is 3. The van der Waals surface area contributed by atoms with Crippen LogP contribution < -0.4 is 0 Å². The van der Waals surface area contributed by atoms with Gasteiger partial charge < -0.3 is 4.74 Å². The Labute approximate surface area is 108 Å². The Morgan fingerprint density at radius 1 is 1.39 bits per heavy atom. The van der Waals surface area contributed by atoms with Crippen molar-refractivity contribution in [2.45, 2.75) is 26.7 Å². The first-order valence-corrected chi connectivity index (χ1v) is 6.42. The van der Waals surface area contributed by atoms with E-state index in [-0.39, 0.29) is 5.97 Å². The van der Waals surface area contributed by atoms with Crippen molar-refractivity contribution in [2.75, 3.05) is 6.61 Å². The van der Waals surface area contributed by atoms with E-state index in [4.69, 9.17) is 4.74 Å². The van der Waals surface area contributed by atoms with Gasteiger partial charge >= 0.3 is 5.97 Å². The zero-order valence-electron chi connectivity index (χ0n) is 10.9. The molecule has 1 aromatic heterocycles. The highest BCUT2D eigenvalue weighted by atomic mass is 16.5. The van der Waals surface area contributed by atoms with Crippen molar-refractivity contribution >= 4 is 5.97 Å². The number of ether oxygens (including phenoxy) is 1. The number of carbonyl (C=O) groups is 1. The fourth-order valence-corrected chi connectivity index (χ4v) is 2.15. The van der Waals surface area contributed by atoms with Crippen LogP contribution in [0.2, 0.25) is 0 Å². The maximum atomic E-state index is 11.8. The number of rotatable bonds is 3. The molecule has 96 valence electrons. The van der Waals surface area contributed by atoms with Gasteiger partial charge in [-0.25, -0.2) is 9.78 Å². The Hall–Kier alpha value is -1.64. The summed E-state index contributed by atoms with van der Waals surface area (Å²) in [4.78, 5) is 16.0. The summed E-state index contributed by atoms with van der Waals surface area (Å²) in [5, 5.41) is 0. The third-order valence-electron chi connectivity index (χ3n) is 3.44. The molecule has 3 nitrogen and oxygen atoms in total. The van der Waals surface area contributed by atoms with Crippen LogP contribution in [0.25, 0.3) is 0 Å². The third-order valence-corrected chi connectivity index (χ3v) is 3.44. The molecular formula is C15H19NO2. The molecule has 0 saturated carbocycles. The molecule has 0 spiro atoms.